The van der Waals surface area contributed by atoms with E-state index in [-0.39, 0.29) is 17.4 Å². The van der Waals surface area contributed by atoms with Gasteiger partial charge in [0, 0.05) is 19.2 Å². The van der Waals surface area contributed by atoms with Crippen molar-refractivity contribution in [3.05, 3.63) is 33.9 Å². The van der Waals surface area contributed by atoms with E-state index in [0.717, 1.165) is 19.4 Å². The molecule has 0 amide bonds. The fraction of sp³-hybridized carbons (Fsp3) is 0.462. The third kappa shape index (κ3) is 3.24. The van der Waals surface area contributed by atoms with Gasteiger partial charge in [-0.05, 0) is 25.0 Å². The SMILES string of the molecule is COC(=O)c1ccc([N+](=O)[O-])c(NC[C@@H]2CCCO2)c1. The van der Waals surface area contributed by atoms with Crippen molar-refractivity contribution < 1.29 is 19.2 Å². The van der Waals surface area contributed by atoms with Crippen LogP contribution in [-0.4, -0.2) is 37.3 Å². The number of hydrogen-bond donors (Lipinski definition) is 1. The fourth-order valence-corrected chi connectivity index (χ4v) is 2.11. The molecule has 1 aliphatic heterocycles. The normalized spacial score (nSPS) is 17.8. The molecule has 0 aliphatic carbocycles. The number of nitro benzene ring substituents is 1. The molecule has 20 heavy (non-hydrogen) atoms. The highest BCUT2D eigenvalue weighted by molar-refractivity contribution is 5.91. The predicted molar refractivity (Wildman–Crippen MR) is 71.9 cm³/mol. The maximum atomic E-state index is 11.5. The van der Waals surface area contributed by atoms with E-state index in [1.165, 1.54) is 25.3 Å². The molecule has 7 nitrogen and oxygen atoms in total. The smallest absolute Gasteiger partial charge is 0.337 e. The number of nitrogens with one attached hydrogen (secondary N) is 1. The second-order valence-electron chi connectivity index (χ2n) is 4.50. The van der Waals surface area contributed by atoms with Gasteiger partial charge in [-0.15, -0.1) is 0 Å². The van der Waals surface area contributed by atoms with Crippen molar-refractivity contribution >= 4 is 17.3 Å². The van der Waals surface area contributed by atoms with Gasteiger partial charge in [0.2, 0.25) is 0 Å². The summed E-state index contributed by atoms with van der Waals surface area (Å²) in [5, 5.41) is 14.0. The minimum absolute atomic E-state index is 0.0522. The highest BCUT2D eigenvalue weighted by Crippen LogP contribution is 2.26. The lowest BCUT2D eigenvalue weighted by molar-refractivity contribution is -0.384. The maximum absolute atomic E-state index is 11.5. The molecule has 2 rings (SSSR count). The topological polar surface area (TPSA) is 90.7 Å². The van der Waals surface area contributed by atoms with Crippen molar-refractivity contribution in [3.63, 3.8) is 0 Å². The highest BCUT2D eigenvalue weighted by atomic mass is 16.6. The first-order chi connectivity index (χ1) is 9.61. The first-order valence-corrected chi connectivity index (χ1v) is 6.34. The number of nitrogens with zero attached hydrogens (tertiary/aromatic N) is 1. The van der Waals surface area contributed by atoms with Gasteiger partial charge in [-0.1, -0.05) is 0 Å². The van der Waals surface area contributed by atoms with Crippen LogP contribution in [0.15, 0.2) is 18.2 Å². The maximum Gasteiger partial charge on any atom is 0.337 e. The third-order valence-corrected chi connectivity index (χ3v) is 3.16. The van der Waals surface area contributed by atoms with Gasteiger partial charge in [-0.25, -0.2) is 4.79 Å². The largest absolute Gasteiger partial charge is 0.465 e. The summed E-state index contributed by atoms with van der Waals surface area (Å²) in [6, 6.07) is 4.10. The summed E-state index contributed by atoms with van der Waals surface area (Å²) in [4.78, 5) is 22.0. The van der Waals surface area contributed by atoms with Crippen molar-refractivity contribution in [2.24, 2.45) is 0 Å². The molecule has 108 valence electrons. The summed E-state index contributed by atoms with van der Waals surface area (Å²) >= 11 is 0. The van der Waals surface area contributed by atoms with Crippen LogP contribution in [0.1, 0.15) is 23.2 Å². The minimum Gasteiger partial charge on any atom is -0.465 e. The zero-order valence-electron chi connectivity index (χ0n) is 11.1. The van der Waals surface area contributed by atoms with E-state index < -0.39 is 10.9 Å². The molecule has 1 heterocycles. The number of ether oxygens (including phenoxy) is 2. The van der Waals surface area contributed by atoms with Crippen LogP contribution in [0.3, 0.4) is 0 Å². The number of carbonyl (C=O) groups excluding carboxylic acids is 1. The van der Waals surface area contributed by atoms with Crippen LogP contribution < -0.4 is 5.32 Å². The Balaban J connectivity index is 2.17. The van der Waals surface area contributed by atoms with Gasteiger partial charge in [-0.3, -0.25) is 10.1 Å². The second-order valence-corrected chi connectivity index (χ2v) is 4.50. The van der Waals surface area contributed by atoms with Gasteiger partial charge in [0.25, 0.3) is 5.69 Å². The van der Waals surface area contributed by atoms with E-state index in [0.29, 0.717) is 12.2 Å². The summed E-state index contributed by atoms with van der Waals surface area (Å²) in [6.45, 7) is 1.20. The van der Waals surface area contributed by atoms with Crippen LogP contribution in [0.4, 0.5) is 11.4 Å². The zero-order chi connectivity index (χ0) is 14.5. The van der Waals surface area contributed by atoms with E-state index in [1.807, 2.05) is 0 Å². The predicted octanol–water partition coefficient (Wildman–Crippen LogP) is 1.97. The Labute approximate surface area is 116 Å². The summed E-state index contributed by atoms with van der Waals surface area (Å²) in [6.07, 6.45) is 1.98. The number of carbonyl (C=O) groups is 1. The van der Waals surface area contributed by atoms with Crippen molar-refractivity contribution in [2.45, 2.75) is 18.9 Å². The van der Waals surface area contributed by atoms with E-state index in [1.54, 1.807) is 0 Å². The molecular formula is C13H16N2O5. The number of hydrogen-bond acceptors (Lipinski definition) is 6. The molecule has 0 unspecified atom stereocenters. The summed E-state index contributed by atoms with van der Waals surface area (Å²) in [5.41, 5.74) is 0.497. The van der Waals surface area contributed by atoms with Gasteiger partial charge in [0.1, 0.15) is 5.69 Å². The van der Waals surface area contributed by atoms with Crippen LogP contribution in [0.25, 0.3) is 0 Å². The standard InChI is InChI=1S/C13H16N2O5/c1-19-13(16)9-4-5-12(15(17)18)11(7-9)14-8-10-3-2-6-20-10/h4-5,7,10,14H,2-3,6,8H2,1H3/t10-/m0/s1. The van der Waals surface area contributed by atoms with Gasteiger partial charge < -0.3 is 14.8 Å². The molecule has 0 saturated carbocycles. The number of methoxy groups -OCH3 is 1. The lowest BCUT2D eigenvalue weighted by atomic mass is 10.1. The fourth-order valence-electron chi connectivity index (χ4n) is 2.11. The van der Waals surface area contributed by atoms with E-state index in [2.05, 4.69) is 10.1 Å². The van der Waals surface area contributed by atoms with Gasteiger partial charge in [-0.2, -0.15) is 0 Å². The Hall–Kier alpha value is -2.15. The van der Waals surface area contributed by atoms with E-state index in [4.69, 9.17) is 4.74 Å². The number of rotatable bonds is 5. The third-order valence-electron chi connectivity index (χ3n) is 3.16. The molecule has 1 atom stereocenters. The zero-order valence-corrected chi connectivity index (χ0v) is 11.1. The lowest BCUT2D eigenvalue weighted by Gasteiger charge is -2.12. The number of esters is 1. The van der Waals surface area contributed by atoms with Crippen LogP contribution in [0, 0.1) is 10.1 Å². The van der Waals surface area contributed by atoms with Crippen LogP contribution in [0.5, 0.6) is 0 Å². The average molecular weight is 280 g/mol. The van der Waals surface area contributed by atoms with Crippen molar-refractivity contribution in [3.8, 4) is 0 Å². The average Bonchev–Trinajstić information content (AvgIpc) is 2.97. The van der Waals surface area contributed by atoms with Crippen LogP contribution in [0.2, 0.25) is 0 Å². The molecule has 0 bridgehead atoms. The van der Waals surface area contributed by atoms with Crippen LogP contribution in [-0.2, 0) is 9.47 Å². The molecule has 1 aromatic rings. The second kappa shape index (κ2) is 6.33. The van der Waals surface area contributed by atoms with Crippen molar-refractivity contribution in [2.75, 3.05) is 25.6 Å². The molecule has 1 aliphatic rings. The van der Waals surface area contributed by atoms with Gasteiger partial charge in [0.15, 0.2) is 0 Å². The Morgan fingerprint density at radius 1 is 1.60 bits per heavy atom. The van der Waals surface area contributed by atoms with Crippen LogP contribution >= 0.6 is 0 Å². The summed E-state index contributed by atoms with van der Waals surface area (Å²) in [7, 11) is 1.27. The molecule has 7 heteroatoms. The van der Waals surface area contributed by atoms with Gasteiger partial charge >= 0.3 is 5.97 Å². The van der Waals surface area contributed by atoms with Crippen molar-refractivity contribution in [1.29, 1.82) is 0 Å². The Morgan fingerprint density at radius 3 is 3.00 bits per heavy atom. The summed E-state index contributed by atoms with van der Waals surface area (Å²) in [5.74, 6) is -0.528. The molecule has 0 radical (unpaired) electrons. The Bertz CT molecular complexity index is 511. The number of benzene rings is 1. The van der Waals surface area contributed by atoms with Crippen molar-refractivity contribution in [1.82, 2.24) is 0 Å². The quantitative estimate of drug-likeness (QED) is 0.504. The number of anilines is 1. The monoisotopic (exact) mass is 280 g/mol. The first kappa shape index (κ1) is 14.3. The van der Waals surface area contributed by atoms with Gasteiger partial charge in [0.05, 0.1) is 23.7 Å². The number of nitro groups is 1. The summed E-state index contributed by atoms with van der Waals surface area (Å²) < 4.78 is 10.1. The highest BCUT2D eigenvalue weighted by Gasteiger charge is 2.20. The molecule has 0 spiro atoms. The molecular weight excluding hydrogens is 264 g/mol. The Morgan fingerprint density at radius 2 is 2.40 bits per heavy atom. The first-order valence-electron chi connectivity index (χ1n) is 6.34. The van der Waals surface area contributed by atoms with E-state index >= 15 is 0 Å². The molecule has 1 fully saturated rings. The Kier molecular flexibility index (Phi) is 4.52. The molecule has 1 saturated heterocycles. The van der Waals surface area contributed by atoms with E-state index in [9.17, 15) is 14.9 Å². The minimum atomic E-state index is -0.528. The molecule has 1 aromatic carbocycles. The molecule has 0 aromatic heterocycles. The molecule has 1 N–H and O–H groups in total. The lowest BCUT2D eigenvalue weighted by Crippen LogP contribution is -2.19.